The summed E-state index contributed by atoms with van der Waals surface area (Å²) in [6, 6.07) is 13.4. The van der Waals surface area contributed by atoms with Crippen molar-refractivity contribution in [2.75, 3.05) is 6.54 Å². The Hall–Kier alpha value is -2.05. The third-order valence-corrected chi connectivity index (χ3v) is 6.68. The molecule has 2 aromatic rings. The van der Waals surface area contributed by atoms with Crippen LogP contribution in [0.15, 0.2) is 48.5 Å². The van der Waals surface area contributed by atoms with Gasteiger partial charge in [0.25, 0.3) is 5.91 Å². The van der Waals surface area contributed by atoms with Crippen molar-refractivity contribution in [1.29, 1.82) is 0 Å². The maximum Gasteiger partial charge on any atom is 0.417 e. The Bertz CT molecular complexity index is 903. The number of carbonyl (C=O) groups excluding carboxylic acids is 1. The summed E-state index contributed by atoms with van der Waals surface area (Å²) in [5.41, 5.74) is -0.198. The Morgan fingerprint density at radius 3 is 2.53 bits per heavy atom. The summed E-state index contributed by atoms with van der Waals surface area (Å²) >= 11 is 6.00. The topological polar surface area (TPSA) is 32.3 Å². The lowest BCUT2D eigenvalue weighted by molar-refractivity contribution is -0.137. The van der Waals surface area contributed by atoms with Crippen molar-refractivity contribution in [1.82, 2.24) is 10.2 Å². The van der Waals surface area contributed by atoms with E-state index >= 15 is 0 Å². The van der Waals surface area contributed by atoms with Gasteiger partial charge in [0.2, 0.25) is 0 Å². The van der Waals surface area contributed by atoms with Crippen molar-refractivity contribution in [2.24, 2.45) is 0 Å². The number of fused-ring (bicyclic) bond motifs is 1. The fourth-order valence-electron chi connectivity index (χ4n) is 4.86. The summed E-state index contributed by atoms with van der Waals surface area (Å²) in [4.78, 5) is 15.5. The van der Waals surface area contributed by atoms with Crippen LogP contribution in [0.3, 0.4) is 0 Å². The molecule has 1 amide bonds. The molecule has 2 aromatic carbocycles. The molecule has 3 nitrogen and oxygen atoms in total. The molecule has 0 unspecified atom stereocenters. The Morgan fingerprint density at radius 2 is 1.80 bits per heavy atom. The van der Waals surface area contributed by atoms with Crippen LogP contribution in [-0.4, -0.2) is 29.4 Å². The summed E-state index contributed by atoms with van der Waals surface area (Å²) in [6.07, 6.45) is 0.914. The molecule has 0 bridgehead atoms. The number of piperidine rings is 1. The van der Waals surface area contributed by atoms with Gasteiger partial charge in [-0.3, -0.25) is 9.69 Å². The van der Waals surface area contributed by atoms with Crippen molar-refractivity contribution in [3.8, 4) is 0 Å². The monoisotopic (exact) mass is 436 g/mol. The lowest BCUT2D eigenvalue weighted by atomic mass is 9.96. The second kappa shape index (κ2) is 8.60. The second-order valence-corrected chi connectivity index (χ2v) is 8.44. The molecule has 2 saturated heterocycles. The lowest BCUT2D eigenvalue weighted by Gasteiger charge is -2.38. The molecule has 7 heteroatoms. The van der Waals surface area contributed by atoms with Gasteiger partial charge in [0.15, 0.2) is 0 Å². The lowest BCUT2D eigenvalue weighted by Crippen LogP contribution is -2.47. The number of nitrogens with one attached hydrogen (secondary N) is 1. The highest BCUT2D eigenvalue weighted by atomic mass is 35.5. The van der Waals surface area contributed by atoms with Crippen LogP contribution in [0, 0.1) is 0 Å². The van der Waals surface area contributed by atoms with Crippen LogP contribution < -0.4 is 5.32 Å². The van der Waals surface area contributed by atoms with Crippen LogP contribution in [-0.2, 0) is 6.18 Å². The van der Waals surface area contributed by atoms with E-state index < -0.39 is 22.7 Å². The number of carbonyl (C=O) groups is 1. The minimum atomic E-state index is -4.61. The first kappa shape index (κ1) is 21.2. The first-order valence-corrected chi connectivity index (χ1v) is 10.7. The van der Waals surface area contributed by atoms with Crippen LogP contribution in [0.4, 0.5) is 13.2 Å². The summed E-state index contributed by atoms with van der Waals surface area (Å²) < 4.78 is 39.7. The fourth-order valence-corrected chi connectivity index (χ4v) is 5.18. The average Bonchev–Trinajstić information content (AvgIpc) is 3.15. The number of amides is 1. The molecule has 2 aliphatic heterocycles. The van der Waals surface area contributed by atoms with Gasteiger partial charge in [-0.15, -0.1) is 0 Å². The first-order valence-electron chi connectivity index (χ1n) is 10.3. The van der Waals surface area contributed by atoms with Crippen molar-refractivity contribution >= 4 is 17.5 Å². The zero-order valence-electron chi connectivity index (χ0n) is 16.5. The van der Waals surface area contributed by atoms with Gasteiger partial charge in [0, 0.05) is 12.1 Å². The smallest absolute Gasteiger partial charge is 0.344 e. The molecule has 0 saturated carbocycles. The van der Waals surface area contributed by atoms with Gasteiger partial charge in [-0.2, -0.15) is 13.2 Å². The standard InChI is InChI=1S/C23H24ClF3N2O/c24-20-17(10-6-11-18(20)23(25,26)27)22(30)28-21(15-7-2-1-3-8-15)19-13-12-16-9-4-5-14-29(16)19/h1-3,6-8,10-11,16,19,21H,4-5,9,12-14H2,(H,28,30)/t16-,19+,21+/m0/s1. The maximum atomic E-state index is 13.2. The van der Waals surface area contributed by atoms with E-state index in [4.69, 9.17) is 11.6 Å². The molecule has 160 valence electrons. The van der Waals surface area contributed by atoms with Crippen LogP contribution in [0.1, 0.15) is 59.6 Å². The Balaban J connectivity index is 1.64. The highest BCUT2D eigenvalue weighted by molar-refractivity contribution is 6.34. The van der Waals surface area contributed by atoms with Gasteiger partial charge in [0.1, 0.15) is 0 Å². The summed E-state index contributed by atoms with van der Waals surface area (Å²) in [5.74, 6) is -0.583. The van der Waals surface area contributed by atoms with E-state index in [0.29, 0.717) is 6.04 Å². The number of hydrogen-bond donors (Lipinski definition) is 1. The molecule has 3 atom stereocenters. The zero-order valence-corrected chi connectivity index (χ0v) is 17.2. The van der Waals surface area contributed by atoms with Gasteiger partial charge < -0.3 is 5.32 Å². The fraction of sp³-hybridized carbons (Fsp3) is 0.435. The van der Waals surface area contributed by atoms with E-state index in [1.807, 2.05) is 30.3 Å². The SMILES string of the molecule is O=C(N[C@H](c1ccccc1)[C@H]1CC[C@@H]2CCCCN21)c1cccc(C(F)(F)F)c1Cl. The molecular weight excluding hydrogens is 413 g/mol. The van der Waals surface area contributed by atoms with Crippen molar-refractivity contribution < 1.29 is 18.0 Å². The molecule has 2 fully saturated rings. The summed E-state index contributed by atoms with van der Waals surface area (Å²) in [6.45, 7) is 0.985. The van der Waals surface area contributed by atoms with Crippen LogP contribution >= 0.6 is 11.6 Å². The first-order chi connectivity index (χ1) is 14.4. The quantitative estimate of drug-likeness (QED) is 0.652. The van der Waals surface area contributed by atoms with Gasteiger partial charge in [-0.25, -0.2) is 0 Å². The molecule has 1 N–H and O–H groups in total. The van der Waals surface area contributed by atoms with Gasteiger partial charge in [-0.1, -0.05) is 54.4 Å². The maximum absolute atomic E-state index is 13.2. The van der Waals surface area contributed by atoms with Crippen molar-refractivity contribution in [3.05, 3.63) is 70.2 Å². The van der Waals surface area contributed by atoms with E-state index in [2.05, 4.69) is 10.2 Å². The van der Waals surface area contributed by atoms with Crippen molar-refractivity contribution in [2.45, 2.75) is 56.4 Å². The predicted molar refractivity (Wildman–Crippen MR) is 110 cm³/mol. The Kier molecular flexibility index (Phi) is 6.07. The zero-order chi connectivity index (χ0) is 21.3. The molecule has 2 heterocycles. The van der Waals surface area contributed by atoms with Crippen LogP contribution in [0.25, 0.3) is 0 Å². The molecule has 0 aromatic heterocycles. The highest BCUT2D eigenvalue weighted by Crippen LogP contribution is 2.39. The summed E-state index contributed by atoms with van der Waals surface area (Å²) in [7, 11) is 0. The molecular formula is C23H24ClF3N2O. The third kappa shape index (κ3) is 4.21. The Labute approximate surface area is 179 Å². The number of nitrogens with zero attached hydrogens (tertiary/aromatic N) is 1. The van der Waals surface area contributed by atoms with E-state index in [-0.39, 0.29) is 17.6 Å². The van der Waals surface area contributed by atoms with E-state index in [1.54, 1.807) is 0 Å². The average molecular weight is 437 g/mol. The van der Waals surface area contributed by atoms with Gasteiger partial charge in [0.05, 0.1) is 22.2 Å². The molecule has 0 radical (unpaired) electrons. The normalized spacial score (nSPS) is 23.1. The second-order valence-electron chi connectivity index (χ2n) is 8.06. The minimum Gasteiger partial charge on any atom is -0.344 e. The number of alkyl halides is 3. The molecule has 0 aliphatic carbocycles. The minimum absolute atomic E-state index is 0.117. The van der Waals surface area contributed by atoms with E-state index in [1.165, 1.54) is 18.6 Å². The number of rotatable bonds is 4. The molecule has 30 heavy (non-hydrogen) atoms. The van der Waals surface area contributed by atoms with Gasteiger partial charge in [-0.05, 0) is 49.9 Å². The van der Waals surface area contributed by atoms with E-state index in [9.17, 15) is 18.0 Å². The number of hydrogen-bond acceptors (Lipinski definition) is 2. The number of benzene rings is 2. The Morgan fingerprint density at radius 1 is 1.03 bits per heavy atom. The van der Waals surface area contributed by atoms with Crippen LogP contribution in [0.5, 0.6) is 0 Å². The largest absolute Gasteiger partial charge is 0.417 e. The molecule has 0 spiro atoms. The van der Waals surface area contributed by atoms with Crippen LogP contribution in [0.2, 0.25) is 5.02 Å². The predicted octanol–water partition coefficient (Wildman–Crippen LogP) is 5.85. The van der Waals surface area contributed by atoms with Crippen molar-refractivity contribution in [3.63, 3.8) is 0 Å². The van der Waals surface area contributed by atoms with E-state index in [0.717, 1.165) is 43.9 Å². The third-order valence-electron chi connectivity index (χ3n) is 6.27. The molecule has 4 rings (SSSR count). The highest BCUT2D eigenvalue weighted by Gasteiger charge is 2.41. The number of halogens is 4. The van der Waals surface area contributed by atoms with Gasteiger partial charge >= 0.3 is 6.18 Å². The summed E-state index contributed by atoms with van der Waals surface area (Å²) in [5, 5.41) is 2.45. The molecule has 2 aliphatic rings.